The smallest absolute Gasteiger partial charge is 0.254 e. The van der Waals surface area contributed by atoms with Crippen molar-refractivity contribution < 1.29 is 14.3 Å². The van der Waals surface area contributed by atoms with Crippen molar-refractivity contribution in [2.24, 2.45) is 0 Å². The third-order valence-corrected chi connectivity index (χ3v) is 5.41. The molecule has 2 aromatic heterocycles. The van der Waals surface area contributed by atoms with Gasteiger partial charge in [-0.3, -0.25) is 4.79 Å². The quantitative estimate of drug-likeness (QED) is 0.551. The summed E-state index contributed by atoms with van der Waals surface area (Å²) >= 11 is 3.53. The van der Waals surface area contributed by atoms with Gasteiger partial charge in [0.15, 0.2) is 11.5 Å². The lowest BCUT2D eigenvalue weighted by atomic mass is 10.1. The van der Waals surface area contributed by atoms with Gasteiger partial charge in [0.1, 0.15) is 0 Å². The zero-order valence-corrected chi connectivity index (χ0v) is 18.3. The number of fused-ring (bicyclic) bond motifs is 1. The Morgan fingerprint density at radius 2 is 1.90 bits per heavy atom. The average Bonchev–Trinajstić information content (AvgIpc) is 3.06. The summed E-state index contributed by atoms with van der Waals surface area (Å²) in [4.78, 5) is 20.9. The number of ether oxygens (including phenoxy) is 2. The Balaban J connectivity index is 1.66. The van der Waals surface area contributed by atoms with Crippen LogP contribution in [0.4, 0.5) is 5.95 Å². The molecule has 0 aliphatic heterocycles. The molecule has 0 aliphatic carbocycles. The highest BCUT2D eigenvalue weighted by Crippen LogP contribution is 2.33. The van der Waals surface area contributed by atoms with Crippen LogP contribution in [0.25, 0.3) is 5.78 Å². The van der Waals surface area contributed by atoms with E-state index in [1.54, 1.807) is 18.7 Å². The van der Waals surface area contributed by atoms with Gasteiger partial charge in [-0.15, -0.1) is 5.10 Å². The Bertz CT molecular complexity index is 1070. The molecule has 0 atom stereocenters. The SMILES string of the molecule is COc1cc(Br)c(CCNC(=O)Cc2c(C)nc3nc(N)nn3c2C)cc1OC. The number of nitrogen functional groups attached to an aromatic ring is 1. The minimum Gasteiger partial charge on any atom is -0.493 e. The molecule has 154 valence electrons. The maximum atomic E-state index is 12.5. The van der Waals surface area contributed by atoms with E-state index in [1.165, 1.54) is 0 Å². The number of rotatable bonds is 7. The number of benzene rings is 1. The van der Waals surface area contributed by atoms with Gasteiger partial charge in [0.2, 0.25) is 11.9 Å². The van der Waals surface area contributed by atoms with Crippen LogP contribution in [-0.4, -0.2) is 46.3 Å². The number of methoxy groups -OCH3 is 2. The number of carbonyl (C=O) groups excluding carboxylic acids is 1. The van der Waals surface area contributed by atoms with Crippen molar-refractivity contribution >= 4 is 33.6 Å². The highest BCUT2D eigenvalue weighted by Gasteiger charge is 2.16. The van der Waals surface area contributed by atoms with Crippen LogP contribution >= 0.6 is 15.9 Å². The lowest BCUT2D eigenvalue weighted by Crippen LogP contribution is -2.28. The first-order valence-corrected chi connectivity index (χ1v) is 9.78. The molecule has 29 heavy (non-hydrogen) atoms. The van der Waals surface area contributed by atoms with Crippen LogP contribution in [0.5, 0.6) is 11.5 Å². The van der Waals surface area contributed by atoms with Crippen LogP contribution in [-0.2, 0) is 17.6 Å². The molecule has 3 aromatic rings. The second kappa shape index (κ2) is 8.64. The molecule has 0 radical (unpaired) electrons. The highest BCUT2D eigenvalue weighted by atomic mass is 79.9. The fourth-order valence-electron chi connectivity index (χ4n) is 3.13. The van der Waals surface area contributed by atoms with Crippen molar-refractivity contribution in [1.82, 2.24) is 24.9 Å². The number of nitrogens with two attached hydrogens (primary N) is 1. The number of hydrogen-bond donors (Lipinski definition) is 2. The first kappa shape index (κ1) is 20.8. The van der Waals surface area contributed by atoms with Crippen LogP contribution in [0.2, 0.25) is 0 Å². The van der Waals surface area contributed by atoms with Crippen LogP contribution in [0, 0.1) is 13.8 Å². The standard InChI is InChI=1S/C19H23BrN6O3/c1-10-13(11(2)26-19(23-10)24-18(21)25-26)8-17(27)22-6-5-12-7-15(28-3)16(29-4)9-14(12)20/h7,9H,5-6,8H2,1-4H3,(H2,21,25)(H,22,27). The zero-order valence-electron chi connectivity index (χ0n) is 16.7. The number of aromatic nitrogens is 4. The molecule has 3 N–H and O–H groups in total. The number of amides is 1. The van der Waals surface area contributed by atoms with Gasteiger partial charge in [0.05, 0.1) is 20.6 Å². The van der Waals surface area contributed by atoms with Gasteiger partial charge in [-0.2, -0.15) is 9.50 Å². The number of hydrogen-bond acceptors (Lipinski definition) is 7. The summed E-state index contributed by atoms with van der Waals surface area (Å²) in [6.45, 7) is 4.21. The number of nitrogens with one attached hydrogen (secondary N) is 1. The molecule has 0 saturated heterocycles. The van der Waals surface area contributed by atoms with Crippen LogP contribution in [0.3, 0.4) is 0 Å². The van der Waals surface area contributed by atoms with Crippen molar-refractivity contribution in [3.05, 3.63) is 39.1 Å². The summed E-state index contributed by atoms with van der Waals surface area (Å²) < 4.78 is 13.1. The predicted octanol–water partition coefficient (Wildman–Crippen LogP) is 2.00. The summed E-state index contributed by atoms with van der Waals surface area (Å²) in [6, 6.07) is 3.75. The zero-order chi connectivity index (χ0) is 21.1. The molecule has 0 fully saturated rings. The van der Waals surface area contributed by atoms with Crippen LogP contribution in [0.1, 0.15) is 22.5 Å². The maximum absolute atomic E-state index is 12.5. The largest absolute Gasteiger partial charge is 0.493 e. The van der Waals surface area contributed by atoms with Gasteiger partial charge in [-0.25, -0.2) is 4.98 Å². The molecule has 2 heterocycles. The Morgan fingerprint density at radius 1 is 1.21 bits per heavy atom. The van der Waals surface area contributed by atoms with Crippen molar-refractivity contribution in [3.63, 3.8) is 0 Å². The van der Waals surface area contributed by atoms with E-state index < -0.39 is 0 Å². The topological polar surface area (TPSA) is 117 Å². The minimum atomic E-state index is -0.0953. The molecule has 0 unspecified atom stereocenters. The van der Waals surface area contributed by atoms with E-state index in [0.717, 1.165) is 27.0 Å². The van der Waals surface area contributed by atoms with Crippen molar-refractivity contribution in [2.75, 3.05) is 26.5 Å². The summed E-state index contributed by atoms with van der Waals surface area (Å²) in [7, 11) is 3.18. The summed E-state index contributed by atoms with van der Waals surface area (Å²) in [5.41, 5.74) is 9.01. The molecule has 10 heteroatoms. The third kappa shape index (κ3) is 4.42. The van der Waals surface area contributed by atoms with Gasteiger partial charge >= 0.3 is 0 Å². The third-order valence-electron chi connectivity index (χ3n) is 4.67. The van der Waals surface area contributed by atoms with Gasteiger partial charge in [-0.1, -0.05) is 15.9 Å². The monoisotopic (exact) mass is 462 g/mol. The second-order valence-electron chi connectivity index (χ2n) is 6.52. The highest BCUT2D eigenvalue weighted by molar-refractivity contribution is 9.10. The number of halogens is 1. The summed E-state index contributed by atoms with van der Waals surface area (Å²) in [6.07, 6.45) is 0.842. The summed E-state index contributed by atoms with van der Waals surface area (Å²) in [5.74, 6) is 1.79. The van der Waals surface area contributed by atoms with E-state index >= 15 is 0 Å². The molecule has 0 saturated carbocycles. The Kier molecular flexibility index (Phi) is 6.21. The average molecular weight is 463 g/mol. The summed E-state index contributed by atoms with van der Waals surface area (Å²) in [5, 5.41) is 7.08. The number of nitrogens with zero attached hydrogens (tertiary/aromatic N) is 4. The van der Waals surface area contributed by atoms with Crippen molar-refractivity contribution in [1.29, 1.82) is 0 Å². The predicted molar refractivity (Wildman–Crippen MR) is 112 cm³/mol. The first-order chi connectivity index (χ1) is 13.8. The van der Waals surface area contributed by atoms with E-state index in [-0.39, 0.29) is 18.3 Å². The number of carbonyl (C=O) groups is 1. The van der Waals surface area contributed by atoms with Crippen LogP contribution < -0.4 is 20.5 Å². The number of anilines is 1. The maximum Gasteiger partial charge on any atom is 0.254 e. The molecule has 0 aliphatic rings. The van der Waals surface area contributed by atoms with Gasteiger partial charge in [0, 0.05) is 28.0 Å². The van der Waals surface area contributed by atoms with Gasteiger partial charge in [-0.05, 0) is 38.0 Å². The molecule has 1 amide bonds. The molecule has 0 bridgehead atoms. The molecule has 0 spiro atoms. The molecule has 3 rings (SSSR count). The second-order valence-corrected chi connectivity index (χ2v) is 7.37. The van der Waals surface area contributed by atoms with Gasteiger partial charge < -0.3 is 20.5 Å². The van der Waals surface area contributed by atoms with E-state index in [9.17, 15) is 4.79 Å². The van der Waals surface area contributed by atoms with Crippen molar-refractivity contribution in [3.8, 4) is 11.5 Å². The molecular weight excluding hydrogens is 440 g/mol. The van der Waals surface area contributed by atoms with E-state index in [1.807, 2.05) is 26.0 Å². The number of aryl methyl sites for hydroxylation is 2. The first-order valence-electron chi connectivity index (χ1n) is 8.99. The fourth-order valence-corrected chi connectivity index (χ4v) is 3.65. The minimum absolute atomic E-state index is 0.0953. The fraction of sp³-hybridized carbons (Fsp3) is 0.368. The Morgan fingerprint density at radius 3 is 2.59 bits per heavy atom. The lowest BCUT2D eigenvalue weighted by Gasteiger charge is -2.13. The van der Waals surface area contributed by atoms with E-state index in [0.29, 0.717) is 30.2 Å². The lowest BCUT2D eigenvalue weighted by molar-refractivity contribution is -0.120. The molecular formula is C19H23BrN6O3. The van der Waals surface area contributed by atoms with Crippen molar-refractivity contribution in [2.45, 2.75) is 26.7 Å². The molecule has 1 aromatic carbocycles. The normalized spacial score (nSPS) is 10.9. The van der Waals surface area contributed by atoms with E-state index in [2.05, 4.69) is 36.3 Å². The Hall–Kier alpha value is -2.88. The van der Waals surface area contributed by atoms with Crippen LogP contribution in [0.15, 0.2) is 16.6 Å². The van der Waals surface area contributed by atoms with E-state index in [4.69, 9.17) is 15.2 Å². The Labute approximate surface area is 176 Å². The molecule has 9 nitrogen and oxygen atoms in total. The van der Waals surface area contributed by atoms with Gasteiger partial charge in [0.25, 0.3) is 5.78 Å².